The second kappa shape index (κ2) is 4.76. The largest absolute Gasteiger partial charge is 0.370 e. The first-order valence-corrected chi connectivity index (χ1v) is 4.69. The van der Waals surface area contributed by atoms with Gasteiger partial charge in [0.1, 0.15) is 0 Å². The van der Waals surface area contributed by atoms with Crippen molar-refractivity contribution in [2.75, 3.05) is 0 Å². The van der Waals surface area contributed by atoms with Crippen molar-refractivity contribution in [2.45, 2.75) is 32.4 Å². The van der Waals surface area contributed by atoms with Gasteiger partial charge in [-0.3, -0.25) is 9.48 Å². The van der Waals surface area contributed by atoms with E-state index in [2.05, 4.69) is 12.0 Å². The summed E-state index contributed by atoms with van der Waals surface area (Å²) in [6, 6.07) is -0.335. The number of rotatable bonds is 5. The topological polar surface area (TPSA) is 86.9 Å². The summed E-state index contributed by atoms with van der Waals surface area (Å²) in [5.74, 6) is -0.388. The first kappa shape index (κ1) is 10.7. The van der Waals surface area contributed by atoms with Gasteiger partial charge < -0.3 is 11.5 Å². The normalized spacial score (nSPS) is 12.7. The van der Waals surface area contributed by atoms with Crippen molar-refractivity contribution in [3.8, 4) is 0 Å². The highest BCUT2D eigenvalue weighted by molar-refractivity contribution is 5.74. The second-order valence-electron chi connectivity index (χ2n) is 3.31. The third-order valence-corrected chi connectivity index (χ3v) is 1.96. The molecule has 5 heteroatoms. The van der Waals surface area contributed by atoms with Crippen molar-refractivity contribution in [1.82, 2.24) is 9.78 Å². The number of nitrogens with two attached hydrogens (primary N) is 2. The van der Waals surface area contributed by atoms with Crippen molar-refractivity contribution in [1.29, 1.82) is 0 Å². The number of amides is 1. The Morgan fingerprint density at radius 3 is 3.00 bits per heavy atom. The quantitative estimate of drug-likeness (QED) is 0.703. The van der Waals surface area contributed by atoms with Crippen molar-refractivity contribution in [2.24, 2.45) is 11.5 Å². The zero-order valence-electron chi connectivity index (χ0n) is 8.31. The van der Waals surface area contributed by atoms with Crippen molar-refractivity contribution in [3.63, 3.8) is 0 Å². The lowest BCUT2D eigenvalue weighted by molar-refractivity contribution is -0.118. The summed E-state index contributed by atoms with van der Waals surface area (Å²) >= 11 is 0. The van der Waals surface area contributed by atoms with E-state index >= 15 is 0 Å². The molecule has 0 radical (unpaired) electrons. The van der Waals surface area contributed by atoms with Crippen molar-refractivity contribution in [3.05, 3.63) is 18.0 Å². The monoisotopic (exact) mass is 196 g/mol. The number of nitrogens with zero attached hydrogens (tertiary/aromatic N) is 2. The minimum absolute atomic E-state index is 0.165. The molecule has 0 aliphatic carbocycles. The molecule has 0 saturated carbocycles. The number of carbonyl (C=O) groups excluding carboxylic acids is 1. The van der Waals surface area contributed by atoms with Crippen LogP contribution in [0, 0.1) is 0 Å². The van der Waals surface area contributed by atoms with E-state index in [4.69, 9.17) is 11.5 Å². The van der Waals surface area contributed by atoms with E-state index in [-0.39, 0.29) is 18.4 Å². The fraction of sp³-hybridized carbons (Fsp3) is 0.556. The van der Waals surface area contributed by atoms with E-state index in [1.165, 1.54) is 0 Å². The third-order valence-electron chi connectivity index (χ3n) is 1.96. The lowest BCUT2D eigenvalue weighted by Crippen LogP contribution is -2.20. The van der Waals surface area contributed by atoms with E-state index in [1.807, 2.05) is 10.9 Å². The Kier molecular flexibility index (Phi) is 3.64. The van der Waals surface area contributed by atoms with Gasteiger partial charge in [0.25, 0.3) is 0 Å². The first-order valence-electron chi connectivity index (χ1n) is 4.69. The molecule has 1 heterocycles. The molecule has 78 valence electrons. The van der Waals surface area contributed by atoms with Gasteiger partial charge in [-0.2, -0.15) is 5.10 Å². The molecular weight excluding hydrogens is 180 g/mol. The van der Waals surface area contributed by atoms with Crippen molar-refractivity contribution >= 4 is 5.91 Å². The fourth-order valence-corrected chi connectivity index (χ4v) is 1.26. The number of hydrogen-bond donors (Lipinski definition) is 2. The van der Waals surface area contributed by atoms with Crippen LogP contribution in [0.4, 0.5) is 0 Å². The van der Waals surface area contributed by atoms with Gasteiger partial charge in [0.2, 0.25) is 5.91 Å². The number of primary amides is 1. The smallest absolute Gasteiger partial charge is 0.219 e. The molecule has 0 aliphatic rings. The molecule has 1 amide bonds. The zero-order valence-corrected chi connectivity index (χ0v) is 8.31. The van der Waals surface area contributed by atoms with Crippen LogP contribution in [-0.2, 0) is 11.3 Å². The highest BCUT2D eigenvalue weighted by Gasteiger charge is 2.10. The minimum Gasteiger partial charge on any atom is -0.370 e. The Hall–Kier alpha value is -1.36. The van der Waals surface area contributed by atoms with Gasteiger partial charge >= 0.3 is 0 Å². The average Bonchev–Trinajstić information content (AvgIpc) is 2.52. The van der Waals surface area contributed by atoms with Crippen LogP contribution in [0.15, 0.2) is 12.4 Å². The summed E-state index contributed by atoms with van der Waals surface area (Å²) in [7, 11) is 0. The molecule has 1 aromatic rings. The van der Waals surface area contributed by atoms with Crippen LogP contribution in [0.1, 0.15) is 31.4 Å². The van der Waals surface area contributed by atoms with E-state index < -0.39 is 0 Å². The predicted octanol–water partition coefficient (Wildman–Crippen LogP) is 0.168. The molecule has 5 nitrogen and oxygen atoms in total. The van der Waals surface area contributed by atoms with Gasteiger partial charge in [0.15, 0.2) is 0 Å². The van der Waals surface area contributed by atoms with E-state index in [1.54, 1.807) is 6.20 Å². The summed E-state index contributed by atoms with van der Waals surface area (Å²) < 4.78 is 1.82. The highest BCUT2D eigenvalue weighted by atomic mass is 16.1. The lowest BCUT2D eigenvalue weighted by atomic mass is 10.1. The Labute approximate surface area is 83.1 Å². The molecule has 1 atom stereocenters. The van der Waals surface area contributed by atoms with Crippen LogP contribution < -0.4 is 11.5 Å². The zero-order chi connectivity index (χ0) is 10.6. The predicted molar refractivity (Wildman–Crippen MR) is 53.3 cm³/mol. The number of aromatic nitrogens is 2. The third kappa shape index (κ3) is 2.85. The minimum atomic E-state index is -0.388. The maximum Gasteiger partial charge on any atom is 0.219 e. The molecule has 0 unspecified atom stereocenters. The Balaban J connectivity index is 2.61. The van der Waals surface area contributed by atoms with Gasteiger partial charge in [0.05, 0.1) is 6.20 Å². The molecule has 0 aliphatic heterocycles. The molecule has 0 spiro atoms. The first-order chi connectivity index (χ1) is 6.63. The molecule has 1 aromatic heterocycles. The highest BCUT2D eigenvalue weighted by Crippen LogP contribution is 2.12. The molecular formula is C9H16N4O. The maximum absolute atomic E-state index is 10.6. The lowest BCUT2D eigenvalue weighted by Gasteiger charge is -2.05. The molecule has 0 bridgehead atoms. The standard InChI is InChI=1S/C9H16N4O/c1-2-3-13-6-7(5-12-13)8(10)4-9(11)14/h5-6,8H,2-4,10H2,1H3,(H2,11,14)/t8-/m1/s1. The van der Waals surface area contributed by atoms with Crippen LogP contribution in [0.2, 0.25) is 0 Å². The Bertz CT molecular complexity index is 308. The van der Waals surface area contributed by atoms with E-state index in [0.29, 0.717) is 0 Å². The summed E-state index contributed by atoms with van der Waals surface area (Å²) in [5, 5.41) is 4.12. The van der Waals surface area contributed by atoms with Crippen LogP contribution in [0.5, 0.6) is 0 Å². The molecule has 14 heavy (non-hydrogen) atoms. The average molecular weight is 196 g/mol. The Morgan fingerprint density at radius 1 is 1.71 bits per heavy atom. The van der Waals surface area contributed by atoms with Crippen LogP contribution in [0.3, 0.4) is 0 Å². The Morgan fingerprint density at radius 2 is 2.43 bits per heavy atom. The van der Waals surface area contributed by atoms with Crippen LogP contribution in [-0.4, -0.2) is 15.7 Å². The fourth-order valence-electron chi connectivity index (χ4n) is 1.26. The van der Waals surface area contributed by atoms with Gasteiger partial charge in [-0.15, -0.1) is 0 Å². The molecule has 0 fully saturated rings. The number of carbonyl (C=O) groups is 1. The molecule has 0 aromatic carbocycles. The van der Waals surface area contributed by atoms with Crippen molar-refractivity contribution < 1.29 is 4.79 Å². The summed E-state index contributed by atoms with van der Waals surface area (Å²) in [6.07, 6.45) is 4.73. The van der Waals surface area contributed by atoms with E-state index in [0.717, 1.165) is 18.5 Å². The van der Waals surface area contributed by atoms with Crippen LogP contribution >= 0.6 is 0 Å². The molecule has 0 saturated heterocycles. The van der Waals surface area contributed by atoms with Gasteiger partial charge in [-0.1, -0.05) is 6.92 Å². The van der Waals surface area contributed by atoms with Gasteiger partial charge in [-0.25, -0.2) is 0 Å². The van der Waals surface area contributed by atoms with Gasteiger partial charge in [-0.05, 0) is 6.42 Å². The van der Waals surface area contributed by atoms with Gasteiger partial charge in [0, 0.05) is 30.8 Å². The summed E-state index contributed by atoms with van der Waals surface area (Å²) in [6.45, 7) is 2.94. The SMILES string of the molecule is CCCn1cc([C@H](N)CC(N)=O)cn1. The van der Waals surface area contributed by atoms with Crippen LogP contribution in [0.25, 0.3) is 0 Å². The number of hydrogen-bond acceptors (Lipinski definition) is 3. The molecule has 1 rings (SSSR count). The van der Waals surface area contributed by atoms with E-state index in [9.17, 15) is 4.79 Å². The summed E-state index contributed by atoms with van der Waals surface area (Å²) in [4.78, 5) is 10.6. The maximum atomic E-state index is 10.6. The summed E-state index contributed by atoms with van der Waals surface area (Å²) in [5.41, 5.74) is 11.7. The number of aryl methyl sites for hydroxylation is 1. The second-order valence-corrected chi connectivity index (χ2v) is 3.31. The molecule has 4 N–H and O–H groups in total.